The van der Waals surface area contributed by atoms with E-state index in [9.17, 15) is 0 Å². The summed E-state index contributed by atoms with van der Waals surface area (Å²) in [6.45, 7) is 2.51. The summed E-state index contributed by atoms with van der Waals surface area (Å²) in [4.78, 5) is 0. The molecule has 0 saturated heterocycles. The number of aromatic nitrogens is 4. The van der Waals surface area contributed by atoms with E-state index < -0.39 is 0 Å². The normalized spacial score (nSPS) is 10.4. The van der Waals surface area contributed by atoms with E-state index in [-0.39, 0.29) is 0 Å². The monoisotopic (exact) mass is 219 g/mol. The lowest BCUT2D eigenvalue weighted by Crippen LogP contribution is -1.99. The fourth-order valence-electron chi connectivity index (χ4n) is 1.45. The number of rotatable bonds is 3. The van der Waals surface area contributed by atoms with Gasteiger partial charge in [0.05, 0.1) is 12.3 Å². The predicted molar refractivity (Wildman–Crippen MR) is 59.8 cm³/mol. The van der Waals surface area contributed by atoms with Crippen LogP contribution in [0.1, 0.15) is 6.92 Å². The number of nitrogens with two attached hydrogens (primary N) is 1. The van der Waals surface area contributed by atoms with Crippen molar-refractivity contribution < 1.29 is 4.74 Å². The molecule has 0 saturated carbocycles. The average molecular weight is 219 g/mol. The van der Waals surface area contributed by atoms with Crippen molar-refractivity contribution in [3.8, 4) is 17.1 Å². The van der Waals surface area contributed by atoms with E-state index >= 15 is 0 Å². The molecular weight excluding hydrogens is 206 g/mol. The van der Waals surface area contributed by atoms with E-state index in [1.54, 1.807) is 17.8 Å². The molecule has 0 fully saturated rings. The Hall–Kier alpha value is -2.11. The third-order valence-corrected chi connectivity index (χ3v) is 2.19. The molecular formula is C10H13N5O. The largest absolute Gasteiger partial charge is 0.492 e. The van der Waals surface area contributed by atoms with Gasteiger partial charge in [-0.1, -0.05) is 0 Å². The lowest BCUT2D eigenvalue weighted by Gasteiger charge is -2.07. The van der Waals surface area contributed by atoms with Crippen LogP contribution in [0.15, 0.2) is 18.2 Å². The SMILES string of the molecule is CCOc1ccc(-c2nnnn2C)cc1N. The summed E-state index contributed by atoms with van der Waals surface area (Å²) in [5.74, 6) is 1.36. The minimum Gasteiger partial charge on any atom is -0.492 e. The number of nitrogens with zero attached hydrogens (tertiary/aromatic N) is 4. The molecule has 0 amide bonds. The first-order chi connectivity index (χ1) is 7.72. The van der Waals surface area contributed by atoms with Crippen LogP contribution in [0.3, 0.4) is 0 Å². The van der Waals surface area contributed by atoms with Crippen molar-refractivity contribution in [3.63, 3.8) is 0 Å². The molecule has 6 nitrogen and oxygen atoms in total. The first-order valence-corrected chi connectivity index (χ1v) is 4.97. The van der Waals surface area contributed by atoms with Crippen LogP contribution < -0.4 is 10.5 Å². The van der Waals surface area contributed by atoms with Crippen LogP contribution in [0.5, 0.6) is 5.75 Å². The standard InChI is InChI=1S/C10H13N5O/c1-3-16-9-5-4-7(6-8(9)11)10-12-13-14-15(10)2/h4-6H,3,11H2,1-2H3. The fourth-order valence-corrected chi connectivity index (χ4v) is 1.45. The molecule has 0 bridgehead atoms. The Morgan fingerprint density at radius 2 is 2.25 bits per heavy atom. The lowest BCUT2D eigenvalue weighted by atomic mass is 10.2. The van der Waals surface area contributed by atoms with Gasteiger partial charge in [-0.15, -0.1) is 5.10 Å². The molecule has 1 aromatic heterocycles. The Balaban J connectivity index is 2.38. The molecule has 16 heavy (non-hydrogen) atoms. The maximum Gasteiger partial charge on any atom is 0.181 e. The number of anilines is 1. The minimum absolute atomic E-state index is 0.586. The Morgan fingerprint density at radius 1 is 1.44 bits per heavy atom. The fraction of sp³-hybridized carbons (Fsp3) is 0.300. The average Bonchev–Trinajstić information content (AvgIpc) is 2.68. The molecule has 0 unspecified atom stereocenters. The zero-order valence-electron chi connectivity index (χ0n) is 9.21. The topological polar surface area (TPSA) is 78.9 Å². The highest BCUT2D eigenvalue weighted by molar-refractivity contribution is 5.66. The Bertz CT molecular complexity index is 494. The molecule has 6 heteroatoms. The van der Waals surface area contributed by atoms with Crippen molar-refractivity contribution >= 4 is 5.69 Å². The van der Waals surface area contributed by atoms with Gasteiger partial charge in [0.25, 0.3) is 0 Å². The number of tetrazole rings is 1. The van der Waals surface area contributed by atoms with Gasteiger partial charge < -0.3 is 10.5 Å². The molecule has 0 aliphatic rings. The predicted octanol–water partition coefficient (Wildman–Crippen LogP) is 0.858. The third kappa shape index (κ3) is 1.81. The van der Waals surface area contributed by atoms with Gasteiger partial charge in [-0.25, -0.2) is 4.68 Å². The molecule has 1 aromatic carbocycles. The smallest absolute Gasteiger partial charge is 0.181 e. The molecule has 0 spiro atoms. The van der Waals surface area contributed by atoms with E-state index in [4.69, 9.17) is 10.5 Å². The summed E-state index contributed by atoms with van der Waals surface area (Å²) in [5.41, 5.74) is 7.32. The summed E-state index contributed by atoms with van der Waals surface area (Å²) in [5, 5.41) is 11.3. The molecule has 0 aliphatic heterocycles. The van der Waals surface area contributed by atoms with Crippen molar-refractivity contribution in [3.05, 3.63) is 18.2 Å². The Morgan fingerprint density at radius 3 is 2.81 bits per heavy atom. The van der Waals surface area contributed by atoms with Crippen molar-refractivity contribution in [2.45, 2.75) is 6.92 Å². The second kappa shape index (κ2) is 4.18. The number of benzene rings is 1. The molecule has 84 valence electrons. The molecule has 1 heterocycles. The van der Waals surface area contributed by atoms with E-state index in [0.29, 0.717) is 23.9 Å². The van der Waals surface area contributed by atoms with Crippen LogP contribution in [0.4, 0.5) is 5.69 Å². The summed E-state index contributed by atoms with van der Waals surface area (Å²) in [6.07, 6.45) is 0. The van der Waals surface area contributed by atoms with Gasteiger partial charge in [-0.05, 0) is 35.5 Å². The second-order valence-corrected chi connectivity index (χ2v) is 3.31. The van der Waals surface area contributed by atoms with Crippen LogP contribution >= 0.6 is 0 Å². The van der Waals surface area contributed by atoms with Gasteiger partial charge in [0.1, 0.15) is 5.75 Å². The summed E-state index contributed by atoms with van der Waals surface area (Å²) in [6, 6.07) is 5.51. The summed E-state index contributed by atoms with van der Waals surface area (Å²) >= 11 is 0. The molecule has 0 radical (unpaired) electrons. The van der Waals surface area contributed by atoms with E-state index in [1.165, 1.54) is 0 Å². The highest BCUT2D eigenvalue weighted by Gasteiger charge is 2.08. The highest BCUT2D eigenvalue weighted by Crippen LogP contribution is 2.26. The van der Waals surface area contributed by atoms with Gasteiger partial charge in [0, 0.05) is 12.6 Å². The number of hydrogen-bond acceptors (Lipinski definition) is 5. The number of nitrogen functional groups attached to an aromatic ring is 1. The van der Waals surface area contributed by atoms with E-state index in [1.807, 2.05) is 19.1 Å². The van der Waals surface area contributed by atoms with E-state index in [0.717, 1.165) is 5.56 Å². The maximum absolute atomic E-state index is 5.86. The molecule has 2 aromatic rings. The number of ether oxygens (including phenoxy) is 1. The first kappa shape index (κ1) is 10.4. The third-order valence-electron chi connectivity index (χ3n) is 2.19. The van der Waals surface area contributed by atoms with Crippen LogP contribution in [0, 0.1) is 0 Å². The highest BCUT2D eigenvalue weighted by atomic mass is 16.5. The zero-order valence-corrected chi connectivity index (χ0v) is 9.21. The zero-order chi connectivity index (χ0) is 11.5. The molecule has 0 aliphatic carbocycles. The van der Waals surface area contributed by atoms with Crippen LogP contribution in [-0.4, -0.2) is 26.8 Å². The van der Waals surface area contributed by atoms with Crippen molar-refractivity contribution in [1.29, 1.82) is 0 Å². The first-order valence-electron chi connectivity index (χ1n) is 4.97. The van der Waals surface area contributed by atoms with Gasteiger partial charge in [-0.2, -0.15) is 0 Å². The summed E-state index contributed by atoms with van der Waals surface area (Å²) in [7, 11) is 1.78. The van der Waals surface area contributed by atoms with Crippen molar-refractivity contribution in [2.24, 2.45) is 7.05 Å². The number of aryl methyl sites for hydroxylation is 1. The quantitative estimate of drug-likeness (QED) is 0.774. The van der Waals surface area contributed by atoms with Crippen molar-refractivity contribution in [2.75, 3.05) is 12.3 Å². The molecule has 0 atom stereocenters. The summed E-state index contributed by atoms with van der Waals surface area (Å²) < 4.78 is 6.95. The number of hydrogen-bond donors (Lipinski definition) is 1. The molecule has 2 N–H and O–H groups in total. The van der Waals surface area contributed by atoms with Crippen LogP contribution in [0.2, 0.25) is 0 Å². The maximum atomic E-state index is 5.86. The lowest BCUT2D eigenvalue weighted by molar-refractivity contribution is 0.342. The van der Waals surface area contributed by atoms with Gasteiger partial charge in [-0.3, -0.25) is 0 Å². The molecule has 2 rings (SSSR count). The van der Waals surface area contributed by atoms with Gasteiger partial charge in [0.15, 0.2) is 5.82 Å². The van der Waals surface area contributed by atoms with Gasteiger partial charge in [0.2, 0.25) is 0 Å². The Labute approximate surface area is 93.0 Å². The van der Waals surface area contributed by atoms with Crippen LogP contribution in [-0.2, 0) is 7.05 Å². The van der Waals surface area contributed by atoms with Gasteiger partial charge >= 0.3 is 0 Å². The van der Waals surface area contributed by atoms with Crippen LogP contribution in [0.25, 0.3) is 11.4 Å². The Kier molecular flexibility index (Phi) is 2.72. The second-order valence-electron chi connectivity index (χ2n) is 3.31. The minimum atomic E-state index is 0.586. The van der Waals surface area contributed by atoms with E-state index in [2.05, 4.69) is 15.5 Å². The van der Waals surface area contributed by atoms with Crippen molar-refractivity contribution in [1.82, 2.24) is 20.2 Å².